The van der Waals surface area contributed by atoms with E-state index in [1.165, 1.54) is 12.1 Å². The Balaban J connectivity index is 1.48. The summed E-state index contributed by atoms with van der Waals surface area (Å²) in [6.07, 6.45) is 3.39. The number of ether oxygens (including phenoxy) is 1. The van der Waals surface area contributed by atoms with Gasteiger partial charge in [0, 0.05) is 24.5 Å². The number of hydrogen-bond donors (Lipinski definition) is 0. The average Bonchev–Trinajstić information content (AvgIpc) is 3.21. The van der Waals surface area contributed by atoms with E-state index in [4.69, 9.17) is 4.74 Å². The summed E-state index contributed by atoms with van der Waals surface area (Å²) < 4.78 is 20.8. The highest BCUT2D eigenvalue weighted by molar-refractivity contribution is 5.94. The van der Waals surface area contributed by atoms with Gasteiger partial charge in [-0.15, -0.1) is 0 Å². The number of carbonyl (C=O) groups is 1. The van der Waals surface area contributed by atoms with Gasteiger partial charge in [0.25, 0.3) is 5.91 Å². The second-order valence-electron chi connectivity index (χ2n) is 6.57. The largest absolute Gasteiger partial charge is 0.370 e. The van der Waals surface area contributed by atoms with Crippen LogP contribution in [-0.4, -0.2) is 40.3 Å². The summed E-state index contributed by atoms with van der Waals surface area (Å²) >= 11 is 0. The minimum atomic E-state index is -0.281. The fraction of sp³-hybridized carbons (Fsp3) is 0.238. The number of benzene rings is 2. The van der Waals surface area contributed by atoms with Crippen molar-refractivity contribution in [1.82, 2.24) is 14.7 Å². The van der Waals surface area contributed by atoms with Gasteiger partial charge in [-0.2, -0.15) is 5.10 Å². The van der Waals surface area contributed by atoms with E-state index >= 15 is 0 Å². The van der Waals surface area contributed by atoms with E-state index in [-0.39, 0.29) is 17.8 Å². The molecule has 4 rings (SSSR count). The highest BCUT2D eigenvalue weighted by atomic mass is 19.1. The van der Waals surface area contributed by atoms with Crippen LogP contribution in [0.1, 0.15) is 27.6 Å². The number of carbonyl (C=O) groups excluding carboxylic acids is 1. The van der Waals surface area contributed by atoms with Crippen molar-refractivity contribution < 1.29 is 13.9 Å². The molecule has 0 saturated carbocycles. The van der Waals surface area contributed by atoms with Gasteiger partial charge in [0.2, 0.25) is 0 Å². The number of halogens is 1. The predicted octanol–water partition coefficient (Wildman–Crippen LogP) is 3.28. The number of nitrogens with zero attached hydrogens (tertiary/aromatic N) is 3. The number of rotatable bonds is 4. The van der Waals surface area contributed by atoms with Crippen LogP contribution in [0.25, 0.3) is 0 Å². The molecule has 1 amide bonds. The van der Waals surface area contributed by atoms with Gasteiger partial charge in [-0.25, -0.2) is 4.39 Å². The molecule has 1 saturated heterocycles. The van der Waals surface area contributed by atoms with Crippen LogP contribution in [0, 0.1) is 5.82 Å². The molecule has 27 heavy (non-hydrogen) atoms. The molecule has 2 heterocycles. The third kappa shape index (κ3) is 4.06. The van der Waals surface area contributed by atoms with Crippen LogP contribution >= 0.6 is 0 Å². The maximum Gasteiger partial charge on any atom is 0.254 e. The van der Waals surface area contributed by atoms with Crippen molar-refractivity contribution in [2.75, 3.05) is 19.7 Å². The van der Waals surface area contributed by atoms with E-state index < -0.39 is 0 Å². The molecule has 0 radical (unpaired) electrons. The molecule has 3 aromatic rings. The van der Waals surface area contributed by atoms with Crippen LogP contribution in [-0.2, 0) is 11.3 Å². The summed E-state index contributed by atoms with van der Waals surface area (Å²) in [5, 5.41) is 4.20. The molecule has 1 fully saturated rings. The first-order valence-electron chi connectivity index (χ1n) is 8.92. The summed E-state index contributed by atoms with van der Waals surface area (Å²) in [7, 11) is 0. The lowest BCUT2D eigenvalue weighted by atomic mass is 10.1. The molecule has 0 N–H and O–H groups in total. The molecule has 1 aromatic heterocycles. The van der Waals surface area contributed by atoms with Gasteiger partial charge in [-0.1, -0.05) is 24.3 Å². The Morgan fingerprint density at radius 1 is 1.19 bits per heavy atom. The van der Waals surface area contributed by atoms with Gasteiger partial charge in [-0.05, 0) is 41.5 Å². The Labute approximate surface area is 157 Å². The lowest BCUT2D eigenvalue weighted by molar-refractivity contribution is -0.0228. The summed E-state index contributed by atoms with van der Waals surface area (Å²) in [5.74, 6) is -0.302. The second-order valence-corrected chi connectivity index (χ2v) is 6.57. The molecule has 1 atom stereocenters. The Hall–Kier alpha value is -2.99. The van der Waals surface area contributed by atoms with Gasteiger partial charge in [0.05, 0.1) is 19.7 Å². The molecule has 5 nitrogen and oxygen atoms in total. The number of hydrogen-bond acceptors (Lipinski definition) is 3. The third-order valence-corrected chi connectivity index (χ3v) is 4.67. The first kappa shape index (κ1) is 17.4. The summed E-state index contributed by atoms with van der Waals surface area (Å²) in [6.45, 7) is 2.07. The van der Waals surface area contributed by atoms with E-state index in [2.05, 4.69) is 5.10 Å². The minimum Gasteiger partial charge on any atom is -0.370 e. The number of aromatic nitrogens is 2. The monoisotopic (exact) mass is 365 g/mol. The Morgan fingerprint density at radius 2 is 2.04 bits per heavy atom. The van der Waals surface area contributed by atoms with Crippen molar-refractivity contribution in [3.63, 3.8) is 0 Å². The fourth-order valence-electron chi connectivity index (χ4n) is 3.28. The first-order chi connectivity index (χ1) is 13.2. The van der Waals surface area contributed by atoms with Gasteiger partial charge >= 0.3 is 0 Å². The van der Waals surface area contributed by atoms with Crippen molar-refractivity contribution in [3.05, 3.63) is 89.5 Å². The topological polar surface area (TPSA) is 47.4 Å². The predicted molar refractivity (Wildman–Crippen MR) is 98.8 cm³/mol. The maximum absolute atomic E-state index is 13.1. The zero-order valence-corrected chi connectivity index (χ0v) is 14.8. The van der Waals surface area contributed by atoms with Crippen LogP contribution in [0.3, 0.4) is 0 Å². The van der Waals surface area contributed by atoms with Gasteiger partial charge in [0.1, 0.15) is 11.9 Å². The molecule has 1 aliphatic heterocycles. The van der Waals surface area contributed by atoms with E-state index in [0.29, 0.717) is 31.8 Å². The van der Waals surface area contributed by atoms with Crippen molar-refractivity contribution in [1.29, 1.82) is 0 Å². The summed E-state index contributed by atoms with van der Waals surface area (Å²) in [4.78, 5) is 14.8. The zero-order chi connectivity index (χ0) is 18.6. The smallest absolute Gasteiger partial charge is 0.254 e. The minimum absolute atomic E-state index is 0.0206. The molecule has 138 valence electrons. The van der Waals surface area contributed by atoms with Crippen molar-refractivity contribution in [2.45, 2.75) is 12.6 Å². The van der Waals surface area contributed by atoms with E-state index in [1.807, 2.05) is 41.2 Å². The molecule has 2 aromatic carbocycles. The molecule has 0 spiro atoms. The maximum atomic E-state index is 13.1. The molecule has 1 aliphatic rings. The molecule has 0 bridgehead atoms. The van der Waals surface area contributed by atoms with E-state index in [0.717, 1.165) is 11.1 Å². The highest BCUT2D eigenvalue weighted by Crippen LogP contribution is 2.23. The molecule has 6 heteroatoms. The standard InChI is InChI=1S/C21H20FN3O2/c22-19-7-5-17(6-8-19)20-15-24(11-12-27-20)21(26)18-4-1-3-16(13-18)14-25-10-2-9-23-25/h1-10,13,20H,11-12,14-15H2/t20-/m1/s1. The zero-order valence-electron chi connectivity index (χ0n) is 14.8. The van der Waals surface area contributed by atoms with E-state index in [9.17, 15) is 9.18 Å². The van der Waals surface area contributed by atoms with Crippen LogP contribution in [0.15, 0.2) is 67.0 Å². The fourth-order valence-corrected chi connectivity index (χ4v) is 3.28. The SMILES string of the molecule is O=C(c1cccc(Cn2cccn2)c1)N1CCO[C@@H](c2ccc(F)cc2)C1. The Morgan fingerprint density at radius 3 is 2.81 bits per heavy atom. The molecular formula is C21H20FN3O2. The molecular weight excluding hydrogens is 345 g/mol. The summed E-state index contributed by atoms with van der Waals surface area (Å²) in [6, 6.07) is 15.7. The Kier molecular flexibility index (Phi) is 4.98. The number of morpholine rings is 1. The average molecular weight is 365 g/mol. The molecule has 0 unspecified atom stereocenters. The lowest BCUT2D eigenvalue weighted by Gasteiger charge is -2.33. The third-order valence-electron chi connectivity index (χ3n) is 4.67. The van der Waals surface area contributed by atoms with Crippen LogP contribution < -0.4 is 0 Å². The highest BCUT2D eigenvalue weighted by Gasteiger charge is 2.26. The number of amides is 1. The van der Waals surface area contributed by atoms with Gasteiger partial charge < -0.3 is 9.64 Å². The quantitative estimate of drug-likeness (QED) is 0.713. The van der Waals surface area contributed by atoms with E-state index in [1.54, 1.807) is 23.2 Å². The van der Waals surface area contributed by atoms with Crippen molar-refractivity contribution in [3.8, 4) is 0 Å². The van der Waals surface area contributed by atoms with Crippen LogP contribution in [0.4, 0.5) is 4.39 Å². The van der Waals surface area contributed by atoms with Gasteiger partial charge in [-0.3, -0.25) is 9.48 Å². The molecule has 0 aliphatic carbocycles. The Bertz CT molecular complexity index is 909. The van der Waals surface area contributed by atoms with Gasteiger partial charge in [0.15, 0.2) is 0 Å². The lowest BCUT2D eigenvalue weighted by Crippen LogP contribution is -2.42. The van der Waals surface area contributed by atoms with Crippen LogP contribution in [0.5, 0.6) is 0 Å². The van der Waals surface area contributed by atoms with Crippen molar-refractivity contribution in [2.24, 2.45) is 0 Å². The van der Waals surface area contributed by atoms with Crippen LogP contribution in [0.2, 0.25) is 0 Å². The first-order valence-corrected chi connectivity index (χ1v) is 8.92. The second kappa shape index (κ2) is 7.72. The normalized spacial score (nSPS) is 17.1. The summed E-state index contributed by atoms with van der Waals surface area (Å²) in [5.41, 5.74) is 2.55. The van der Waals surface area contributed by atoms with Crippen molar-refractivity contribution >= 4 is 5.91 Å².